The zero-order valence-electron chi connectivity index (χ0n) is 16.5. The zero-order chi connectivity index (χ0) is 20.3. The number of hydrogen-bond acceptors (Lipinski definition) is 5. The Morgan fingerprint density at radius 1 is 1.29 bits per heavy atom. The highest BCUT2D eigenvalue weighted by molar-refractivity contribution is 9.11. The van der Waals surface area contributed by atoms with Crippen molar-refractivity contribution in [1.82, 2.24) is 0 Å². The van der Waals surface area contributed by atoms with Crippen LogP contribution in [0.3, 0.4) is 0 Å². The minimum absolute atomic E-state index is 0.00112. The van der Waals surface area contributed by atoms with E-state index in [0.29, 0.717) is 13.0 Å². The molecular formula is C22H29BrO5. The second kappa shape index (κ2) is 9.55. The van der Waals surface area contributed by atoms with E-state index in [0.717, 1.165) is 34.2 Å². The predicted octanol–water partition coefficient (Wildman–Crippen LogP) is 4.51. The Hall–Kier alpha value is -1.18. The number of rotatable bonds is 9. The van der Waals surface area contributed by atoms with Crippen LogP contribution in [0.2, 0.25) is 0 Å². The molecule has 1 aromatic carbocycles. The fraction of sp³-hybridized carbons (Fsp3) is 0.545. The first kappa shape index (κ1) is 21.5. The lowest BCUT2D eigenvalue weighted by molar-refractivity contribution is -0.225. The molecule has 2 saturated heterocycles. The number of aliphatic hydroxyl groups excluding tert-OH is 1. The van der Waals surface area contributed by atoms with Gasteiger partial charge >= 0.3 is 0 Å². The van der Waals surface area contributed by atoms with Gasteiger partial charge in [0.25, 0.3) is 0 Å². The first-order valence-electron chi connectivity index (χ1n) is 9.64. The van der Waals surface area contributed by atoms with E-state index in [-0.39, 0.29) is 24.2 Å². The molecule has 1 aromatic rings. The van der Waals surface area contributed by atoms with Crippen LogP contribution in [0.1, 0.15) is 38.0 Å². The van der Waals surface area contributed by atoms with E-state index in [9.17, 15) is 5.11 Å². The van der Waals surface area contributed by atoms with E-state index in [1.165, 1.54) is 0 Å². The monoisotopic (exact) mass is 452 g/mol. The van der Waals surface area contributed by atoms with Gasteiger partial charge in [-0.1, -0.05) is 53.7 Å². The highest BCUT2D eigenvalue weighted by Crippen LogP contribution is 2.37. The Kier molecular flexibility index (Phi) is 7.34. The minimum atomic E-state index is -0.552. The highest BCUT2D eigenvalue weighted by Gasteiger charge is 2.44. The van der Waals surface area contributed by atoms with E-state index in [1.807, 2.05) is 24.3 Å². The third-order valence-electron chi connectivity index (χ3n) is 5.45. The van der Waals surface area contributed by atoms with E-state index in [1.54, 1.807) is 7.11 Å². The Balaban J connectivity index is 1.52. The summed E-state index contributed by atoms with van der Waals surface area (Å²) in [5, 5.41) is 10.5. The summed E-state index contributed by atoms with van der Waals surface area (Å²) in [6.45, 7) is 10.8. The van der Waals surface area contributed by atoms with E-state index < -0.39 is 12.4 Å². The summed E-state index contributed by atoms with van der Waals surface area (Å²) >= 11 is 3.34. The lowest BCUT2D eigenvalue weighted by Crippen LogP contribution is -2.33. The average molecular weight is 453 g/mol. The molecule has 5 nitrogen and oxygen atoms in total. The van der Waals surface area contributed by atoms with Crippen LogP contribution in [0.15, 0.2) is 47.5 Å². The smallest absolute Gasteiger partial charge is 0.184 e. The molecule has 2 aliphatic heterocycles. The Morgan fingerprint density at radius 2 is 2.00 bits per heavy atom. The molecule has 0 radical (unpaired) electrons. The molecule has 0 bridgehead atoms. The van der Waals surface area contributed by atoms with Crippen molar-refractivity contribution < 1.29 is 24.1 Å². The summed E-state index contributed by atoms with van der Waals surface area (Å²) in [4.78, 5) is 0. The fourth-order valence-corrected chi connectivity index (χ4v) is 3.89. The number of methoxy groups -OCH3 is 1. The molecule has 2 fully saturated rings. The topological polar surface area (TPSA) is 60.5 Å². The molecule has 2 heterocycles. The van der Waals surface area contributed by atoms with Gasteiger partial charge in [0.2, 0.25) is 0 Å². The molecule has 0 aliphatic carbocycles. The van der Waals surface area contributed by atoms with Gasteiger partial charge < -0.3 is 24.1 Å². The van der Waals surface area contributed by atoms with Crippen molar-refractivity contribution in [3.8, 4) is 5.75 Å². The third-order valence-corrected chi connectivity index (χ3v) is 5.78. The maximum atomic E-state index is 10.5. The molecule has 6 atom stereocenters. The van der Waals surface area contributed by atoms with Gasteiger partial charge in [-0.05, 0) is 29.5 Å². The molecule has 0 amide bonds. The molecule has 6 heteroatoms. The Morgan fingerprint density at radius 3 is 2.64 bits per heavy atom. The SMILES string of the molecule is C=C(Br)C[C@H]1O[C@H]1C(O)CC(=C)C(C)[C@H]1CCOC(c2ccc(OC)cc2)O1. The summed E-state index contributed by atoms with van der Waals surface area (Å²) in [5.74, 6) is 0.915. The van der Waals surface area contributed by atoms with Crippen LogP contribution in [-0.4, -0.2) is 43.2 Å². The lowest BCUT2D eigenvalue weighted by atomic mass is 9.89. The van der Waals surface area contributed by atoms with Crippen LogP contribution in [0, 0.1) is 5.92 Å². The number of ether oxygens (including phenoxy) is 4. The largest absolute Gasteiger partial charge is 0.497 e. The molecule has 3 unspecified atom stereocenters. The fourth-order valence-electron chi connectivity index (χ4n) is 3.57. The second-order valence-corrected chi connectivity index (χ2v) is 8.64. The van der Waals surface area contributed by atoms with Gasteiger partial charge in [-0.25, -0.2) is 0 Å². The number of hydrogen-bond donors (Lipinski definition) is 1. The number of halogens is 1. The first-order valence-corrected chi connectivity index (χ1v) is 10.4. The van der Waals surface area contributed by atoms with Crippen LogP contribution >= 0.6 is 15.9 Å². The molecule has 3 rings (SSSR count). The molecular weight excluding hydrogens is 424 g/mol. The molecule has 0 spiro atoms. The normalized spacial score (nSPS) is 29.0. The number of epoxide rings is 1. The average Bonchev–Trinajstić information content (AvgIpc) is 3.46. The summed E-state index contributed by atoms with van der Waals surface area (Å²) in [7, 11) is 1.64. The van der Waals surface area contributed by atoms with Gasteiger partial charge in [0.1, 0.15) is 11.9 Å². The van der Waals surface area contributed by atoms with Gasteiger partial charge in [-0.3, -0.25) is 0 Å². The molecule has 2 aliphatic rings. The third kappa shape index (κ3) is 5.45. The van der Waals surface area contributed by atoms with Crippen molar-refractivity contribution in [3.05, 3.63) is 53.0 Å². The summed E-state index contributed by atoms with van der Waals surface area (Å²) < 4.78 is 23.7. The van der Waals surface area contributed by atoms with Gasteiger partial charge in [0.05, 0.1) is 32.0 Å². The second-order valence-electron chi connectivity index (χ2n) is 7.52. The van der Waals surface area contributed by atoms with Gasteiger partial charge in [-0.15, -0.1) is 0 Å². The number of benzene rings is 1. The Bertz CT molecular complexity index is 689. The predicted molar refractivity (Wildman–Crippen MR) is 111 cm³/mol. The van der Waals surface area contributed by atoms with Crippen LogP contribution in [0.5, 0.6) is 5.75 Å². The van der Waals surface area contributed by atoms with Gasteiger partial charge in [0, 0.05) is 17.9 Å². The maximum Gasteiger partial charge on any atom is 0.184 e. The van der Waals surface area contributed by atoms with Crippen LogP contribution in [0.25, 0.3) is 0 Å². The first-order chi connectivity index (χ1) is 13.4. The summed E-state index contributed by atoms with van der Waals surface area (Å²) in [6.07, 6.45) is 0.981. The lowest BCUT2D eigenvalue weighted by Gasteiger charge is -2.35. The molecule has 1 N–H and O–H groups in total. The van der Waals surface area contributed by atoms with Crippen LogP contribution < -0.4 is 4.74 Å². The van der Waals surface area contributed by atoms with Crippen molar-refractivity contribution >= 4 is 15.9 Å². The van der Waals surface area contributed by atoms with Crippen molar-refractivity contribution in [2.24, 2.45) is 5.92 Å². The maximum absolute atomic E-state index is 10.5. The van der Waals surface area contributed by atoms with E-state index >= 15 is 0 Å². The summed E-state index contributed by atoms with van der Waals surface area (Å²) in [5.41, 5.74) is 1.94. The minimum Gasteiger partial charge on any atom is -0.497 e. The molecule has 28 heavy (non-hydrogen) atoms. The molecule has 0 saturated carbocycles. The van der Waals surface area contributed by atoms with Gasteiger partial charge in [-0.2, -0.15) is 0 Å². The number of aliphatic hydroxyl groups is 1. The van der Waals surface area contributed by atoms with Crippen molar-refractivity contribution in [2.45, 2.75) is 56.9 Å². The van der Waals surface area contributed by atoms with Crippen LogP contribution in [0.4, 0.5) is 0 Å². The zero-order valence-corrected chi connectivity index (χ0v) is 18.1. The summed E-state index contributed by atoms with van der Waals surface area (Å²) in [6, 6.07) is 7.71. The van der Waals surface area contributed by atoms with E-state index in [2.05, 4.69) is 36.0 Å². The van der Waals surface area contributed by atoms with Crippen LogP contribution in [-0.2, 0) is 14.2 Å². The van der Waals surface area contributed by atoms with Crippen molar-refractivity contribution in [1.29, 1.82) is 0 Å². The van der Waals surface area contributed by atoms with Crippen molar-refractivity contribution in [2.75, 3.05) is 13.7 Å². The quantitative estimate of drug-likeness (QED) is 0.441. The Labute approximate surface area is 175 Å². The van der Waals surface area contributed by atoms with E-state index in [4.69, 9.17) is 18.9 Å². The highest BCUT2D eigenvalue weighted by atomic mass is 79.9. The standard InChI is InChI=1S/C22H29BrO5/c1-13(11-18(24)21-20(27-21)12-14(2)23)15(3)19-9-10-26-22(28-19)16-5-7-17(25-4)8-6-16/h5-8,15,18-22,24H,1-2,9-12H2,3-4H3/t15?,18?,19-,20-,21+,22?/m1/s1. The molecule has 154 valence electrons. The van der Waals surface area contributed by atoms with Gasteiger partial charge in [0.15, 0.2) is 6.29 Å². The van der Waals surface area contributed by atoms with Crippen molar-refractivity contribution in [3.63, 3.8) is 0 Å². The molecule has 0 aromatic heterocycles.